The Balaban J connectivity index is 1.41. The van der Waals surface area contributed by atoms with Gasteiger partial charge in [-0.3, -0.25) is 19.7 Å². The second-order valence-corrected chi connectivity index (χ2v) is 12.7. The molecule has 1 aliphatic carbocycles. The molecule has 1 aliphatic heterocycles. The molecule has 11 nitrogen and oxygen atoms in total. The monoisotopic (exact) mass is 589 g/mol. The van der Waals surface area contributed by atoms with Gasteiger partial charge in [-0.1, -0.05) is 32.9 Å². The molecule has 12 heteroatoms. The number of rotatable bonds is 6. The fourth-order valence-corrected chi connectivity index (χ4v) is 6.78. The summed E-state index contributed by atoms with van der Waals surface area (Å²) in [5.41, 5.74) is 15.5. The van der Waals surface area contributed by atoms with Crippen LogP contribution in [-0.2, 0) is 23.4 Å². The molecule has 5 unspecified atom stereocenters. The van der Waals surface area contributed by atoms with Gasteiger partial charge in [-0.05, 0) is 59.1 Å². The van der Waals surface area contributed by atoms with Gasteiger partial charge < -0.3 is 15.9 Å². The van der Waals surface area contributed by atoms with Crippen LogP contribution in [0.25, 0.3) is 16.5 Å². The van der Waals surface area contributed by atoms with Crippen molar-refractivity contribution in [2.45, 2.75) is 76.2 Å². The van der Waals surface area contributed by atoms with Crippen molar-refractivity contribution in [1.82, 2.24) is 30.4 Å². The molecule has 2 fully saturated rings. The van der Waals surface area contributed by atoms with E-state index in [0.717, 1.165) is 16.7 Å². The lowest BCUT2D eigenvalue weighted by Crippen LogP contribution is -2.41. The van der Waals surface area contributed by atoms with Crippen LogP contribution in [0.1, 0.15) is 67.7 Å². The molecule has 2 aromatic carbocycles. The lowest BCUT2D eigenvalue weighted by atomic mass is 9.67. The third-order valence-electron chi connectivity index (χ3n) is 8.97. The summed E-state index contributed by atoms with van der Waals surface area (Å²) in [5, 5.41) is 28.9. The predicted molar refractivity (Wildman–Crippen MR) is 158 cm³/mol. The van der Waals surface area contributed by atoms with Crippen LogP contribution in [0.15, 0.2) is 53.7 Å². The Labute approximate surface area is 247 Å². The highest BCUT2D eigenvalue weighted by atomic mass is 19.1. The summed E-state index contributed by atoms with van der Waals surface area (Å²) in [4.78, 5) is 24.9. The third-order valence-corrected chi connectivity index (χ3v) is 8.97. The summed E-state index contributed by atoms with van der Waals surface area (Å²) in [6.07, 6.45) is 6.02. The second-order valence-electron chi connectivity index (χ2n) is 12.7. The van der Waals surface area contributed by atoms with Crippen molar-refractivity contribution in [2.75, 3.05) is 0 Å². The first-order valence-electron chi connectivity index (χ1n) is 14.4. The molecule has 3 heterocycles. The largest absolute Gasteiger partial charge is 0.480 e. The molecule has 0 radical (unpaired) electrons. The Hall–Kier alpha value is -3.97. The number of aliphatic hydroxyl groups excluding tert-OH is 1. The van der Waals surface area contributed by atoms with E-state index in [1.807, 2.05) is 32.9 Å². The van der Waals surface area contributed by atoms with Crippen LogP contribution in [0.5, 0.6) is 0 Å². The maximum atomic E-state index is 15.4. The van der Waals surface area contributed by atoms with Gasteiger partial charge in [-0.2, -0.15) is 14.9 Å². The zero-order valence-electron chi connectivity index (χ0n) is 24.3. The lowest BCUT2D eigenvalue weighted by molar-refractivity contribution is -0.137. The van der Waals surface area contributed by atoms with Gasteiger partial charge in [0.05, 0.1) is 36.2 Å². The number of carboxylic acid groups (broad SMARTS) is 1. The fourth-order valence-electron chi connectivity index (χ4n) is 6.78. The molecular weight excluding hydrogens is 553 g/mol. The minimum absolute atomic E-state index is 0.000209. The fraction of sp³-hybridized carbons (Fsp3) is 0.419. The standard InChI is InChI=1S/C31H36FN7O4/c1-31(2,3)19-7-17-11-35-39(30(43)27(17)24(32)10-19)25-6-4-5-20(23(25)15-40)16-8-21(28-22(9-16)29(33)37-36-28)18-12-34-38(13-18)14-26(41)42/h4-7,10-13,16,21-22,28-29,36-37,40H,8-9,14-15,33H2,1-3H3,(H,41,42). The Bertz CT molecular complexity index is 1760. The molecule has 0 bridgehead atoms. The lowest BCUT2D eigenvalue weighted by Gasteiger charge is -2.39. The van der Waals surface area contributed by atoms with Gasteiger partial charge in [0.15, 0.2) is 0 Å². The molecule has 6 rings (SSSR count). The van der Waals surface area contributed by atoms with Crippen LogP contribution >= 0.6 is 0 Å². The number of aliphatic carboxylic acids is 1. The van der Waals surface area contributed by atoms with Crippen LogP contribution in [-0.4, -0.2) is 48.0 Å². The maximum Gasteiger partial charge on any atom is 0.325 e. The number of benzene rings is 2. The van der Waals surface area contributed by atoms with E-state index in [1.54, 1.807) is 24.5 Å². The number of aromatic nitrogens is 4. The van der Waals surface area contributed by atoms with E-state index in [1.165, 1.54) is 21.6 Å². The maximum absolute atomic E-state index is 15.4. The van der Waals surface area contributed by atoms with Gasteiger partial charge in [0.1, 0.15) is 12.4 Å². The van der Waals surface area contributed by atoms with Crippen LogP contribution < -0.4 is 22.1 Å². The van der Waals surface area contributed by atoms with Crippen molar-refractivity contribution < 1.29 is 19.4 Å². The molecule has 6 N–H and O–H groups in total. The summed E-state index contributed by atoms with van der Waals surface area (Å²) in [5.74, 6) is -1.64. The van der Waals surface area contributed by atoms with Gasteiger partial charge in [-0.25, -0.2) is 9.82 Å². The highest BCUT2D eigenvalue weighted by Gasteiger charge is 2.46. The number of hydrazine groups is 1. The number of carbonyl (C=O) groups is 1. The van der Waals surface area contributed by atoms with E-state index in [2.05, 4.69) is 21.0 Å². The molecule has 1 saturated carbocycles. The smallest absolute Gasteiger partial charge is 0.325 e. The van der Waals surface area contributed by atoms with Crippen molar-refractivity contribution in [3.63, 3.8) is 0 Å². The van der Waals surface area contributed by atoms with Gasteiger partial charge in [0.25, 0.3) is 5.56 Å². The summed E-state index contributed by atoms with van der Waals surface area (Å²) < 4.78 is 17.9. The van der Waals surface area contributed by atoms with E-state index in [9.17, 15) is 19.8 Å². The highest BCUT2D eigenvalue weighted by molar-refractivity contribution is 5.82. The third kappa shape index (κ3) is 5.24. The van der Waals surface area contributed by atoms with Crippen LogP contribution in [0.4, 0.5) is 4.39 Å². The number of fused-ring (bicyclic) bond motifs is 2. The van der Waals surface area contributed by atoms with E-state index in [0.29, 0.717) is 29.5 Å². The molecule has 5 atom stereocenters. The van der Waals surface area contributed by atoms with Gasteiger partial charge in [0.2, 0.25) is 0 Å². The predicted octanol–water partition coefficient (Wildman–Crippen LogP) is 2.63. The van der Waals surface area contributed by atoms with E-state index in [4.69, 9.17) is 5.73 Å². The Morgan fingerprint density at radius 3 is 2.67 bits per heavy atom. The van der Waals surface area contributed by atoms with Crippen molar-refractivity contribution in [2.24, 2.45) is 11.7 Å². The molecule has 43 heavy (non-hydrogen) atoms. The minimum atomic E-state index is -0.979. The second kappa shape index (κ2) is 10.9. The first kappa shape index (κ1) is 29.1. The molecule has 0 amide bonds. The first-order chi connectivity index (χ1) is 20.5. The zero-order chi connectivity index (χ0) is 30.6. The number of nitrogens with zero attached hydrogens (tertiary/aromatic N) is 4. The number of carboxylic acids is 1. The molecular formula is C31H36FN7O4. The van der Waals surface area contributed by atoms with Crippen molar-refractivity contribution >= 4 is 16.7 Å². The highest BCUT2D eigenvalue weighted by Crippen LogP contribution is 2.47. The van der Waals surface area contributed by atoms with Gasteiger partial charge >= 0.3 is 5.97 Å². The molecule has 4 aromatic rings. The number of nitrogens with two attached hydrogens (primary N) is 1. The SMILES string of the molecule is CC(C)(C)c1cc(F)c2c(=O)n(-c3cccc(C4CC(c5cnn(CC(=O)O)c5)C5NNC(N)C5C4)c3CO)ncc2c1. The molecule has 2 aliphatic rings. The van der Waals surface area contributed by atoms with Crippen molar-refractivity contribution in [3.8, 4) is 5.69 Å². The number of hydrogen-bond acceptors (Lipinski definition) is 8. The molecule has 226 valence electrons. The van der Waals surface area contributed by atoms with Crippen molar-refractivity contribution in [1.29, 1.82) is 0 Å². The van der Waals surface area contributed by atoms with Crippen molar-refractivity contribution in [3.05, 3.63) is 87.3 Å². The van der Waals surface area contributed by atoms with Crippen LogP contribution in [0.2, 0.25) is 0 Å². The summed E-state index contributed by atoms with van der Waals surface area (Å²) in [6, 6.07) is 8.67. The summed E-state index contributed by atoms with van der Waals surface area (Å²) in [6.45, 7) is 5.35. The molecule has 0 spiro atoms. The Kier molecular flexibility index (Phi) is 7.41. The quantitative estimate of drug-likeness (QED) is 0.228. The number of hydrogen-bond donors (Lipinski definition) is 5. The normalized spacial score (nSPS) is 23.9. The average Bonchev–Trinajstić information content (AvgIpc) is 3.57. The number of halogens is 1. The summed E-state index contributed by atoms with van der Waals surface area (Å²) in [7, 11) is 0. The molecule has 1 saturated heterocycles. The van der Waals surface area contributed by atoms with Crippen LogP contribution in [0.3, 0.4) is 0 Å². The first-order valence-corrected chi connectivity index (χ1v) is 14.4. The van der Waals surface area contributed by atoms with Gasteiger partial charge in [0, 0.05) is 35.0 Å². The van der Waals surface area contributed by atoms with E-state index < -0.39 is 17.3 Å². The Morgan fingerprint density at radius 2 is 1.95 bits per heavy atom. The minimum Gasteiger partial charge on any atom is -0.480 e. The zero-order valence-corrected chi connectivity index (χ0v) is 24.3. The average molecular weight is 590 g/mol. The Morgan fingerprint density at radius 1 is 1.16 bits per heavy atom. The molecule has 2 aromatic heterocycles. The van der Waals surface area contributed by atoms with Crippen LogP contribution in [0, 0.1) is 11.7 Å². The topological polar surface area (TPSA) is 160 Å². The number of nitrogens with one attached hydrogen (secondary N) is 2. The van der Waals surface area contributed by atoms with Gasteiger partial charge in [-0.15, -0.1) is 0 Å². The van der Waals surface area contributed by atoms with E-state index >= 15 is 4.39 Å². The van der Waals surface area contributed by atoms with E-state index in [-0.39, 0.29) is 53.9 Å². The summed E-state index contributed by atoms with van der Waals surface area (Å²) >= 11 is 0. The number of aliphatic hydroxyl groups is 1.